The summed E-state index contributed by atoms with van der Waals surface area (Å²) in [5.74, 6) is 0. The van der Waals surface area contributed by atoms with E-state index in [1.807, 2.05) is 0 Å². The van der Waals surface area contributed by atoms with E-state index < -0.39 is 0 Å². The molecule has 4 nitrogen and oxygen atoms in total. The van der Waals surface area contributed by atoms with Gasteiger partial charge in [0.25, 0.3) is 0 Å². The number of ether oxygens (including phenoxy) is 1. The molecule has 1 aliphatic carbocycles. The lowest BCUT2D eigenvalue weighted by Crippen LogP contribution is -2.43. The quantitative estimate of drug-likeness (QED) is 0.666. The van der Waals surface area contributed by atoms with Gasteiger partial charge in [-0.3, -0.25) is 4.90 Å². The van der Waals surface area contributed by atoms with E-state index in [1.165, 1.54) is 0 Å². The molecule has 0 unspecified atom stereocenters. The fourth-order valence-corrected chi connectivity index (χ4v) is 2.28. The minimum atomic E-state index is 0.228. The predicted molar refractivity (Wildman–Crippen MR) is 60.8 cm³/mol. The lowest BCUT2D eigenvalue weighted by molar-refractivity contribution is 0.0831. The van der Waals surface area contributed by atoms with Gasteiger partial charge in [-0.15, -0.1) is 0 Å². The van der Waals surface area contributed by atoms with Crippen LogP contribution in [0.25, 0.3) is 0 Å². The molecule has 0 amide bonds. The van der Waals surface area contributed by atoms with Crippen molar-refractivity contribution in [2.45, 2.75) is 37.8 Å². The van der Waals surface area contributed by atoms with Crippen LogP contribution in [0.15, 0.2) is 0 Å². The minimum Gasteiger partial charge on any atom is -0.395 e. The first-order valence-corrected chi connectivity index (χ1v) is 5.87. The molecule has 0 heterocycles. The van der Waals surface area contributed by atoms with E-state index in [9.17, 15) is 0 Å². The van der Waals surface area contributed by atoms with Gasteiger partial charge in [0.2, 0.25) is 0 Å². The van der Waals surface area contributed by atoms with Crippen LogP contribution in [0.1, 0.15) is 25.7 Å². The molecule has 0 atom stereocenters. The van der Waals surface area contributed by atoms with E-state index in [0.29, 0.717) is 12.1 Å². The van der Waals surface area contributed by atoms with Crippen molar-refractivity contribution < 1.29 is 9.84 Å². The van der Waals surface area contributed by atoms with Gasteiger partial charge >= 0.3 is 0 Å². The van der Waals surface area contributed by atoms with Crippen molar-refractivity contribution >= 4 is 0 Å². The van der Waals surface area contributed by atoms with Crippen LogP contribution in [0.2, 0.25) is 0 Å². The summed E-state index contributed by atoms with van der Waals surface area (Å²) < 4.78 is 5.08. The maximum absolute atomic E-state index is 9.01. The zero-order chi connectivity index (χ0) is 11.1. The zero-order valence-corrected chi connectivity index (χ0v) is 9.69. The maximum Gasteiger partial charge on any atom is 0.0589 e. The van der Waals surface area contributed by atoms with E-state index >= 15 is 0 Å². The summed E-state index contributed by atoms with van der Waals surface area (Å²) in [6.07, 6.45) is 4.54. The number of nitrogens with two attached hydrogens (primary N) is 1. The number of aliphatic hydroxyl groups is 1. The van der Waals surface area contributed by atoms with Gasteiger partial charge in [-0.1, -0.05) is 0 Å². The Morgan fingerprint density at radius 2 is 1.93 bits per heavy atom. The molecular weight excluding hydrogens is 192 g/mol. The van der Waals surface area contributed by atoms with Crippen molar-refractivity contribution in [3.63, 3.8) is 0 Å². The van der Waals surface area contributed by atoms with Crippen LogP contribution in [-0.2, 0) is 4.74 Å². The Labute approximate surface area is 92.4 Å². The van der Waals surface area contributed by atoms with E-state index in [-0.39, 0.29) is 6.61 Å². The largest absolute Gasteiger partial charge is 0.395 e. The first kappa shape index (κ1) is 12.9. The normalized spacial score (nSPS) is 27.2. The van der Waals surface area contributed by atoms with Gasteiger partial charge < -0.3 is 15.6 Å². The summed E-state index contributed by atoms with van der Waals surface area (Å²) in [6.45, 7) is 2.63. The molecule has 4 heteroatoms. The SMILES string of the molecule is COCCN(CCO)C1CCC(N)CC1. The van der Waals surface area contributed by atoms with Gasteiger partial charge in [0.05, 0.1) is 13.2 Å². The molecule has 1 rings (SSSR count). The zero-order valence-electron chi connectivity index (χ0n) is 9.69. The van der Waals surface area contributed by atoms with E-state index in [2.05, 4.69) is 4.90 Å². The molecule has 15 heavy (non-hydrogen) atoms. The third kappa shape index (κ3) is 4.47. The topological polar surface area (TPSA) is 58.7 Å². The van der Waals surface area contributed by atoms with Crippen molar-refractivity contribution in [3.05, 3.63) is 0 Å². The highest BCUT2D eigenvalue weighted by molar-refractivity contribution is 4.81. The first-order chi connectivity index (χ1) is 7.27. The Bertz CT molecular complexity index is 159. The van der Waals surface area contributed by atoms with Crippen molar-refractivity contribution in [1.29, 1.82) is 0 Å². The number of rotatable bonds is 6. The molecule has 0 spiro atoms. The molecule has 0 radical (unpaired) electrons. The van der Waals surface area contributed by atoms with E-state index in [0.717, 1.165) is 45.4 Å². The van der Waals surface area contributed by atoms with Gasteiger partial charge in [-0.05, 0) is 25.7 Å². The Balaban J connectivity index is 2.33. The molecule has 0 aromatic heterocycles. The Hall–Kier alpha value is -0.160. The number of nitrogens with zero attached hydrogens (tertiary/aromatic N) is 1. The second kappa shape index (κ2) is 7.17. The molecule has 3 N–H and O–H groups in total. The van der Waals surface area contributed by atoms with Gasteiger partial charge in [-0.2, -0.15) is 0 Å². The number of hydrogen-bond donors (Lipinski definition) is 2. The molecule has 1 fully saturated rings. The highest BCUT2D eigenvalue weighted by Crippen LogP contribution is 2.21. The van der Waals surface area contributed by atoms with Crippen molar-refractivity contribution in [2.24, 2.45) is 5.73 Å². The predicted octanol–water partition coefficient (Wildman–Crippen LogP) is 0.197. The second-order valence-electron chi connectivity index (χ2n) is 4.32. The number of aliphatic hydroxyl groups excluding tert-OH is 1. The number of methoxy groups -OCH3 is 1. The van der Waals surface area contributed by atoms with Crippen molar-refractivity contribution in [2.75, 3.05) is 33.4 Å². The van der Waals surface area contributed by atoms with Gasteiger partial charge in [0.1, 0.15) is 0 Å². The van der Waals surface area contributed by atoms with Crippen LogP contribution in [0.5, 0.6) is 0 Å². The summed E-state index contributed by atoms with van der Waals surface area (Å²) in [5, 5.41) is 9.01. The fourth-order valence-electron chi connectivity index (χ4n) is 2.28. The average molecular weight is 216 g/mol. The molecular formula is C11H24N2O2. The smallest absolute Gasteiger partial charge is 0.0589 e. The molecule has 1 aliphatic rings. The van der Waals surface area contributed by atoms with Crippen LogP contribution in [-0.4, -0.2) is 55.5 Å². The van der Waals surface area contributed by atoms with Crippen LogP contribution in [0.4, 0.5) is 0 Å². The first-order valence-electron chi connectivity index (χ1n) is 5.87. The summed E-state index contributed by atoms with van der Waals surface area (Å²) in [6, 6.07) is 0.978. The van der Waals surface area contributed by atoms with Crippen LogP contribution < -0.4 is 5.73 Å². The maximum atomic E-state index is 9.01. The summed E-state index contributed by atoms with van der Waals surface area (Å²) in [4.78, 5) is 2.33. The van der Waals surface area contributed by atoms with Crippen LogP contribution in [0.3, 0.4) is 0 Å². The molecule has 0 aromatic carbocycles. The Morgan fingerprint density at radius 3 is 2.47 bits per heavy atom. The molecule has 0 bridgehead atoms. The highest BCUT2D eigenvalue weighted by atomic mass is 16.5. The minimum absolute atomic E-state index is 0.228. The molecule has 1 saturated carbocycles. The number of hydrogen-bond acceptors (Lipinski definition) is 4. The standard InChI is InChI=1S/C11H24N2O2/c1-15-9-7-13(6-8-14)11-4-2-10(12)3-5-11/h10-11,14H,2-9,12H2,1H3. The van der Waals surface area contributed by atoms with Gasteiger partial charge in [0, 0.05) is 32.3 Å². The molecule has 0 saturated heterocycles. The van der Waals surface area contributed by atoms with Crippen molar-refractivity contribution in [1.82, 2.24) is 4.90 Å². The van der Waals surface area contributed by atoms with E-state index in [4.69, 9.17) is 15.6 Å². The Morgan fingerprint density at radius 1 is 1.27 bits per heavy atom. The van der Waals surface area contributed by atoms with Gasteiger partial charge in [-0.25, -0.2) is 0 Å². The Kier molecular flexibility index (Phi) is 6.17. The fraction of sp³-hybridized carbons (Fsp3) is 1.00. The van der Waals surface area contributed by atoms with Crippen LogP contribution >= 0.6 is 0 Å². The van der Waals surface area contributed by atoms with Crippen molar-refractivity contribution in [3.8, 4) is 0 Å². The third-order valence-corrected chi connectivity index (χ3v) is 3.23. The van der Waals surface area contributed by atoms with E-state index in [1.54, 1.807) is 7.11 Å². The summed E-state index contributed by atoms with van der Waals surface area (Å²) >= 11 is 0. The third-order valence-electron chi connectivity index (χ3n) is 3.23. The lowest BCUT2D eigenvalue weighted by atomic mass is 9.91. The molecule has 0 aromatic rings. The monoisotopic (exact) mass is 216 g/mol. The molecule has 90 valence electrons. The highest BCUT2D eigenvalue weighted by Gasteiger charge is 2.23. The molecule has 0 aliphatic heterocycles. The second-order valence-corrected chi connectivity index (χ2v) is 4.32. The van der Waals surface area contributed by atoms with Gasteiger partial charge in [0.15, 0.2) is 0 Å². The summed E-state index contributed by atoms with van der Waals surface area (Å²) in [5.41, 5.74) is 5.88. The lowest BCUT2D eigenvalue weighted by Gasteiger charge is -2.35. The van der Waals surface area contributed by atoms with Crippen LogP contribution in [0, 0.1) is 0 Å². The average Bonchev–Trinajstić information content (AvgIpc) is 2.25. The summed E-state index contributed by atoms with van der Waals surface area (Å²) in [7, 11) is 1.72.